The number of esters is 1. The molecule has 0 aromatic heterocycles. The Morgan fingerprint density at radius 3 is 2.42 bits per heavy atom. The first-order chi connectivity index (χ1) is 9.13. The first-order valence-corrected chi connectivity index (χ1v) is 5.74. The molecule has 0 aliphatic heterocycles. The lowest BCUT2D eigenvalue weighted by atomic mass is 10.2. The summed E-state index contributed by atoms with van der Waals surface area (Å²) in [5.41, 5.74) is 13.3. The highest BCUT2D eigenvalue weighted by atomic mass is 16.5. The van der Waals surface area contributed by atoms with Crippen LogP contribution in [0.15, 0.2) is 54.6 Å². The van der Waals surface area contributed by atoms with Gasteiger partial charge in [0.2, 0.25) is 0 Å². The fourth-order valence-corrected chi connectivity index (χ4v) is 1.51. The topological polar surface area (TPSA) is 78.3 Å². The Hall–Kier alpha value is -2.75. The number of rotatable bonds is 3. The van der Waals surface area contributed by atoms with E-state index in [-0.39, 0.29) is 0 Å². The highest BCUT2D eigenvalue weighted by Gasteiger charge is 2.00. The Balaban J connectivity index is 1.99. The Bertz CT molecular complexity index is 604. The molecule has 0 fully saturated rings. The maximum atomic E-state index is 11.6. The number of hydrogen-bond acceptors (Lipinski definition) is 4. The average molecular weight is 254 g/mol. The van der Waals surface area contributed by atoms with Gasteiger partial charge in [-0.3, -0.25) is 0 Å². The van der Waals surface area contributed by atoms with E-state index in [0.717, 1.165) is 5.56 Å². The summed E-state index contributed by atoms with van der Waals surface area (Å²) in [4.78, 5) is 11.6. The second-order valence-corrected chi connectivity index (χ2v) is 3.99. The van der Waals surface area contributed by atoms with Crippen molar-refractivity contribution in [3.8, 4) is 5.75 Å². The molecular weight excluding hydrogens is 240 g/mol. The normalized spacial score (nSPS) is 10.5. The Morgan fingerprint density at radius 2 is 1.74 bits per heavy atom. The smallest absolute Gasteiger partial charge is 0.336 e. The fraction of sp³-hybridized carbons (Fsp3) is 0. The standard InChI is InChI=1S/C15H14N2O2/c16-12-5-7-14(8-6-12)19-15(18)9-4-11-2-1-3-13(17)10-11/h1-10H,16-17H2/b9-4+. The number of nitrogens with two attached hydrogens (primary N) is 2. The maximum Gasteiger partial charge on any atom is 0.336 e. The predicted octanol–water partition coefficient (Wildman–Crippen LogP) is 2.47. The van der Waals surface area contributed by atoms with E-state index in [9.17, 15) is 4.79 Å². The molecule has 0 saturated heterocycles. The van der Waals surface area contributed by atoms with Crippen molar-refractivity contribution in [2.45, 2.75) is 0 Å². The van der Waals surface area contributed by atoms with Crippen LogP contribution in [0.1, 0.15) is 5.56 Å². The van der Waals surface area contributed by atoms with Crippen LogP contribution in [0, 0.1) is 0 Å². The first kappa shape index (κ1) is 12.7. The van der Waals surface area contributed by atoms with Gasteiger partial charge in [0, 0.05) is 17.5 Å². The highest BCUT2D eigenvalue weighted by Crippen LogP contribution is 2.14. The molecular formula is C15H14N2O2. The zero-order chi connectivity index (χ0) is 13.7. The van der Waals surface area contributed by atoms with Crippen LogP contribution in [0.4, 0.5) is 11.4 Å². The minimum Gasteiger partial charge on any atom is -0.423 e. The van der Waals surface area contributed by atoms with Gasteiger partial charge >= 0.3 is 5.97 Å². The number of carbonyl (C=O) groups excluding carboxylic acids is 1. The van der Waals surface area contributed by atoms with Gasteiger partial charge in [0.15, 0.2) is 0 Å². The Morgan fingerprint density at radius 1 is 1.00 bits per heavy atom. The number of hydrogen-bond donors (Lipinski definition) is 2. The molecule has 4 nitrogen and oxygen atoms in total. The SMILES string of the molecule is Nc1ccc(OC(=O)/C=C/c2cccc(N)c2)cc1. The summed E-state index contributed by atoms with van der Waals surface area (Å²) in [6.07, 6.45) is 3.00. The third kappa shape index (κ3) is 3.89. The van der Waals surface area contributed by atoms with Gasteiger partial charge in [0.1, 0.15) is 5.75 Å². The molecule has 0 amide bonds. The highest BCUT2D eigenvalue weighted by molar-refractivity contribution is 5.88. The third-order valence-electron chi connectivity index (χ3n) is 2.42. The molecule has 0 aliphatic carbocycles. The molecule has 4 heteroatoms. The summed E-state index contributed by atoms with van der Waals surface area (Å²) in [6.45, 7) is 0. The number of nitrogen functional groups attached to an aromatic ring is 2. The molecule has 2 aromatic carbocycles. The van der Waals surface area contributed by atoms with E-state index in [2.05, 4.69) is 0 Å². The van der Waals surface area contributed by atoms with E-state index >= 15 is 0 Å². The Kier molecular flexibility index (Phi) is 3.83. The maximum absolute atomic E-state index is 11.6. The van der Waals surface area contributed by atoms with Gasteiger partial charge in [-0.1, -0.05) is 12.1 Å². The third-order valence-corrected chi connectivity index (χ3v) is 2.42. The van der Waals surface area contributed by atoms with Gasteiger partial charge in [-0.2, -0.15) is 0 Å². The van der Waals surface area contributed by atoms with E-state index in [1.54, 1.807) is 42.5 Å². The summed E-state index contributed by atoms with van der Waals surface area (Å²) in [6, 6.07) is 13.8. The van der Waals surface area contributed by atoms with Crippen molar-refractivity contribution in [3.05, 3.63) is 60.2 Å². The molecule has 0 bridgehead atoms. The van der Waals surface area contributed by atoms with Gasteiger partial charge in [-0.15, -0.1) is 0 Å². The predicted molar refractivity (Wildman–Crippen MR) is 76.4 cm³/mol. The van der Waals surface area contributed by atoms with Crippen molar-refractivity contribution in [1.82, 2.24) is 0 Å². The van der Waals surface area contributed by atoms with Crippen molar-refractivity contribution in [2.75, 3.05) is 11.5 Å². The number of ether oxygens (including phenoxy) is 1. The van der Waals surface area contributed by atoms with Crippen LogP contribution in [0.2, 0.25) is 0 Å². The molecule has 4 N–H and O–H groups in total. The van der Waals surface area contributed by atoms with Crippen molar-refractivity contribution in [2.24, 2.45) is 0 Å². The fourth-order valence-electron chi connectivity index (χ4n) is 1.51. The van der Waals surface area contributed by atoms with Crippen molar-refractivity contribution < 1.29 is 9.53 Å². The monoisotopic (exact) mass is 254 g/mol. The van der Waals surface area contributed by atoms with Gasteiger partial charge in [0.05, 0.1) is 0 Å². The molecule has 0 atom stereocenters. The number of carbonyl (C=O) groups is 1. The molecule has 2 rings (SSSR count). The minimum absolute atomic E-state index is 0.452. The lowest BCUT2D eigenvalue weighted by Gasteiger charge is -2.01. The zero-order valence-corrected chi connectivity index (χ0v) is 10.2. The van der Waals surface area contributed by atoms with Crippen molar-refractivity contribution in [1.29, 1.82) is 0 Å². The van der Waals surface area contributed by atoms with E-state index < -0.39 is 5.97 Å². The first-order valence-electron chi connectivity index (χ1n) is 5.74. The van der Waals surface area contributed by atoms with Crippen molar-refractivity contribution >= 4 is 23.4 Å². The van der Waals surface area contributed by atoms with Gasteiger partial charge in [0.25, 0.3) is 0 Å². The molecule has 96 valence electrons. The molecule has 0 unspecified atom stereocenters. The molecule has 2 aromatic rings. The van der Waals surface area contributed by atoms with E-state index in [4.69, 9.17) is 16.2 Å². The quantitative estimate of drug-likeness (QED) is 0.382. The number of anilines is 2. The largest absolute Gasteiger partial charge is 0.423 e. The van der Waals surface area contributed by atoms with Crippen LogP contribution in [-0.4, -0.2) is 5.97 Å². The molecule has 19 heavy (non-hydrogen) atoms. The summed E-state index contributed by atoms with van der Waals surface area (Å²) >= 11 is 0. The minimum atomic E-state index is -0.452. The van der Waals surface area contributed by atoms with Crippen LogP contribution in [0.25, 0.3) is 6.08 Å². The van der Waals surface area contributed by atoms with Crippen LogP contribution in [0.5, 0.6) is 5.75 Å². The van der Waals surface area contributed by atoms with E-state index in [1.807, 2.05) is 12.1 Å². The summed E-state index contributed by atoms with van der Waals surface area (Å²) in [5.74, 6) is 0.00335. The van der Waals surface area contributed by atoms with Crippen LogP contribution in [0.3, 0.4) is 0 Å². The van der Waals surface area contributed by atoms with E-state index in [1.165, 1.54) is 6.08 Å². The second kappa shape index (κ2) is 5.73. The van der Waals surface area contributed by atoms with Crippen LogP contribution in [-0.2, 0) is 4.79 Å². The molecule has 0 saturated carbocycles. The van der Waals surface area contributed by atoms with E-state index in [0.29, 0.717) is 17.1 Å². The molecule has 0 heterocycles. The zero-order valence-electron chi connectivity index (χ0n) is 10.2. The second-order valence-electron chi connectivity index (χ2n) is 3.99. The van der Waals surface area contributed by atoms with Gasteiger partial charge in [-0.05, 0) is 48.0 Å². The number of benzene rings is 2. The molecule has 0 aliphatic rings. The molecule has 0 radical (unpaired) electrons. The van der Waals surface area contributed by atoms with Crippen molar-refractivity contribution in [3.63, 3.8) is 0 Å². The van der Waals surface area contributed by atoms with Gasteiger partial charge in [-0.25, -0.2) is 4.79 Å². The summed E-state index contributed by atoms with van der Waals surface area (Å²) < 4.78 is 5.11. The Labute approximate surface area is 111 Å². The van der Waals surface area contributed by atoms with Gasteiger partial charge < -0.3 is 16.2 Å². The lowest BCUT2D eigenvalue weighted by molar-refractivity contribution is -0.128. The summed E-state index contributed by atoms with van der Waals surface area (Å²) in [7, 11) is 0. The average Bonchev–Trinajstić information content (AvgIpc) is 2.39. The summed E-state index contributed by atoms with van der Waals surface area (Å²) in [5, 5.41) is 0. The van der Waals surface area contributed by atoms with Crippen LogP contribution < -0.4 is 16.2 Å². The molecule has 0 spiro atoms. The lowest BCUT2D eigenvalue weighted by Crippen LogP contribution is -2.03. The van der Waals surface area contributed by atoms with Crippen LogP contribution >= 0.6 is 0 Å².